The molecule has 2 atom stereocenters. The van der Waals surface area contributed by atoms with E-state index in [0.29, 0.717) is 12.5 Å². The van der Waals surface area contributed by atoms with Gasteiger partial charge < -0.3 is 5.32 Å². The number of nitrogens with zero attached hydrogens (tertiary/aromatic N) is 1. The van der Waals surface area contributed by atoms with Gasteiger partial charge in [-0.15, -0.1) is 0 Å². The lowest BCUT2D eigenvalue weighted by Gasteiger charge is -2.49. The Bertz CT molecular complexity index is 487. The van der Waals surface area contributed by atoms with Crippen molar-refractivity contribution in [3.8, 4) is 0 Å². The Morgan fingerprint density at radius 2 is 1.95 bits per heavy atom. The van der Waals surface area contributed by atoms with E-state index in [1.165, 1.54) is 25.0 Å². The standard InChI is InChI=1S/C17H24F2N2/c1-13-10-21(16(2,11-20-13)14-8-9-14)12-17(18,19)15-6-4-3-5-7-15/h3-7,13-14,20H,8-12H2,1-2H3. The van der Waals surface area contributed by atoms with E-state index in [9.17, 15) is 8.78 Å². The SMILES string of the molecule is CC1CN(CC(F)(F)c2ccccc2)C(C)(C2CC2)CN1. The van der Waals surface area contributed by atoms with Crippen molar-refractivity contribution in [1.82, 2.24) is 10.2 Å². The van der Waals surface area contributed by atoms with Crippen molar-refractivity contribution in [2.45, 2.75) is 44.2 Å². The molecular formula is C17H24F2N2. The van der Waals surface area contributed by atoms with Crippen molar-refractivity contribution in [3.05, 3.63) is 35.9 Å². The first-order valence-corrected chi connectivity index (χ1v) is 7.83. The number of piperazine rings is 1. The van der Waals surface area contributed by atoms with Gasteiger partial charge in [-0.2, -0.15) is 8.78 Å². The quantitative estimate of drug-likeness (QED) is 0.917. The van der Waals surface area contributed by atoms with Crippen LogP contribution in [0, 0.1) is 5.92 Å². The van der Waals surface area contributed by atoms with E-state index in [1.54, 1.807) is 18.2 Å². The summed E-state index contributed by atoms with van der Waals surface area (Å²) in [6, 6.07) is 8.47. The molecule has 1 heterocycles. The molecule has 3 rings (SSSR count). The van der Waals surface area contributed by atoms with Gasteiger partial charge in [0, 0.05) is 30.2 Å². The normalized spacial score (nSPS) is 31.3. The molecule has 2 fully saturated rings. The highest BCUT2D eigenvalue weighted by molar-refractivity contribution is 5.21. The number of rotatable bonds is 4. The van der Waals surface area contributed by atoms with Crippen LogP contribution in [0.15, 0.2) is 30.3 Å². The lowest BCUT2D eigenvalue weighted by atomic mass is 9.89. The average molecular weight is 294 g/mol. The van der Waals surface area contributed by atoms with Crippen LogP contribution in [0.5, 0.6) is 0 Å². The molecule has 1 saturated carbocycles. The van der Waals surface area contributed by atoms with Gasteiger partial charge in [-0.3, -0.25) is 4.90 Å². The molecule has 0 aromatic heterocycles. The van der Waals surface area contributed by atoms with Crippen molar-refractivity contribution in [2.24, 2.45) is 5.92 Å². The molecule has 0 amide bonds. The van der Waals surface area contributed by atoms with Crippen molar-refractivity contribution >= 4 is 0 Å². The second-order valence-electron chi connectivity index (χ2n) is 6.86. The van der Waals surface area contributed by atoms with Crippen LogP contribution in [-0.2, 0) is 5.92 Å². The molecule has 2 nitrogen and oxygen atoms in total. The number of alkyl halides is 2. The minimum atomic E-state index is -2.80. The Hall–Kier alpha value is -1.00. The highest BCUT2D eigenvalue weighted by Gasteiger charge is 2.50. The van der Waals surface area contributed by atoms with Crippen LogP contribution in [0.25, 0.3) is 0 Å². The van der Waals surface area contributed by atoms with E-state index in [4.69, 9.17) is 0 Å². The zero-order chi connectivity index (χ0) is 15.1. The van der Waals surface area contributed by atoms with Crippen LogP contribution in [0.4, 0.5) is 8.78 Å². The Morgan fingerprint density at radius 3 is 2.57 bits per heavy atom. The predicted molar refractivity (Wildman–Crippen MR) is 80.5 cm³/mol. The maximum absolute atomic E-state index is 14.6. The predicted octanol–water partition coefficient (Wildman–Crippen LogP) is 3.24. The summed E-state index contributed by atoms with van der Waals surface area (Å²) in [5.41, 5.74) is -0.0145. The highest BCUT2D eigenvalue weighted by atomic mass is 19.3. The summed E-state index contributed by atoms with van der Waals surface area (Å²) in [6.07, 6.45) is 2.33. The van der Waals surface area contributed by atoms with Crippen molar-refractivity contribution in [2.75, 3.05) is 19.6 Å². The minimum Gasteiger partial charge on any atom is -0.311 e. The van der Waals surface area contributed by atoms with Crippen LogP contribution < -0.4 is 5.32 Å². The van der Waals surface area contributed by atoms with Crippen molar-refractivity contribution < 1.29 is 8.78 Å². The summed E-state index contributed by atoms with van der Waals surface area (Å²) < 4.78 is 29.3. The van der Waals surface area contributed by atoms with E-state index in [2.05, 4.69) is 19.2 Å². The summed E-state index contributed by atoms with van der Waals surface area (Å²) in [4.78, 5) is 2.03. The Balaban J connectivity index is 1.80. The second kappa shape index (κ2) is 5.33. The summed E-state index contributed by atoms with van der Waals surface area (Å²) in [5.74, 6) is -2.24. The maximum atomic E-state index is 14.6. The van der Waals surface area contributed by atoms with Crippen LogP contribution in [-0.4, -0.2) is 36.1 Å². The van der Waals surface area contributed by atoms with Gasteiger partial charge >= 0.3 is 0 Å². The summed E-state index contributed by atoms with van der Waals surface area (Å²) in [7, 11) is 0. The third-order valence-corrected chi connectivity index (χ3v) is 5.07. The molecule has 0 radical (unpaired) electrons. The second-order valence-corrected chi connectivity index (χ2v) is 6.86. The molecule has 116 valence electrons. The first kappa shape index (κ1) is 14.9. The van der Waals surface area contributed by atoms with Gasteiger partial charge in [0.1, 0.15) is 0 Å². The lowest BCUT2D eigenvalue weighted by Crippen LogP contribution is -2.65. The molecule has 4 heteroatoms. The molecule has 1 aromatic carbocycles. The Morgan fingerprint density at radius 1 is 1.29 bits per heavy atom. The third-order valence-electron chi connectivity index (χ3n) is 5.07. The molecule has 21 heavy (non-hydrogen) atoms. The zero-order valence-electron chi connectivity index (χ0n) is 12.8. The number of benzene rings is 1. The molecule has 0 spiro atoms. The largest absolute Gasteiger partial charge is 0.311 e. The van der Waals surface area contributed by atoms with E-state index < -0.39 is 5.92 Å². The fourth-order valence-corrected chi connectivity index (χ4v) is 3.46. The van der Waals surface area contributed by atoms with Crippen LogP contribution in [0.1, 0.15) is 32.3 Å². The molecule has 1 saturated heterocycles. The van der Waals surface area contributed by atoms with E-state index in [-0.39, 0.29) is 23.7 Å². The molecule has 2 aliphatic rings. The smallest absolute Gasteiger partial charge is 0.285 e. The van der Waals surface area contributed by atoms with Gasteiger partial charge in [0.05, 0.1) is 6.54 Å². The number of hydrogen-bond acceptors (Lipinski definition) is 2. The van der Waals surface area contributed by atoms with Gasteiger partial charge in [0.2, 0.25) is 0 Å². The number of halogens is 2. The number of nitrogens with one attached hydrogen (secondary N) is 1. The van der Waals surface area contributed by atoms with Gasteiger partial charge in [-0.25, -0.2) is 0 Å². The van der Waals surface area contributed by atoms with Crippen LogP contribution in [0.3, 0.4) is 0 Å². The molecule has 1 aliphatic carbocycles. The fourth-order valence-electron chi connectivity index (χ4n) is 3.46. The number of hydrogen-bond donors (Lipinski definition) is 1. The van der Waals surface area contributed by atoms with Gasteiger partial charge in [-0.1, -0.05) is 30.3 Å². The zero-order valence-corrected chi connectivity index (χ0v) is 12.8. The van der Waals surface area contributed by atoms with Crippen molar-refractivity contribution in [1.29, 1.82) is 0 Å². The molecule has 0 bridgehead atoms. The fraction of sp³-hybridized carbons (Fsp3) is 0.647. The molecular weight excluding hydrogens is 270 g/mol. The Kier molecular flexibility index (Phi) is 3.78. The van der Waals surface area contributed by atoms with Crippen LogP contribution in [0.2, 0.25) is 0 Å². The summed E-state index contributed by atoms with van der Waals surface area (Å²) in [5, 5.41) is 3.46. The lowest BCUT2D eigenvalue weighted by molar-refractivity contribution is -0.0811. The first-order valence-electron chi connectivity index (χ1n) is 7.83. The molecule has 1 aliphatic heterocycles. The molecule has 2 unspecified atom stereocenters. The first-order chi connectivity index (χ1) is 9.92. The third kappa shape index (κ3) is 2.97. The summed E-state index contributed by atoms with van der Waals surface area (Å²) >= 11 is 0. The molecule has 1 aromatic rings. The summed E-state index contributed by atoms with van der Waals surface area (Å²) in [6.45, 7) is 5.53. The van der Waals surface area contributed by atoms with Gasteiger partial charge in [0.25, 0.3) is 5.92 Å². The minimum absolute atomic E-state index is 0.120. The topological polar surface area (TPSA) is 15.3 Å². The van der Waals surface area contributed by atoms with Crippen molar-refractivity contribution in [3.63, 3.8) is 0 Å². The van der Waals surface area contributed by atoms with Gasteiger partial charge in [0.15, 0.2) is 0 Å². The molecule has 1 N–H and O–H groups in total. The highest BCUT2D eigenvalue weighted by Crippen LogP contribution is 2.45. The maximum Gasteiger partial charge on any atom is 0.285 e. The van der Waals surface area contributed by atoms with E-state index >= 15 is 0 Å². The Labute approximate surface area is 125 Å². The van der Waals surface area contributed by atoms with E-state index in [1.807, 2.05) is 4.90 Å². The average Bonchev–Trinajstić information content (AvgIpc) is 3.29. The van der Waals surface area contributed by atoms with Gasteiger partial charge in [-0.05, 0) is 32.6 Å². The van der Waals surface area contributed by atoms with E-state index in [0.717, 1.165) is 6.54 Å². The van der Waals surface area contributed by atoms with Crippen LogP contribution >= 0.6 is 0 Å². The monoisotopic (exact) mass is 294 g/mol.